The number of hydrogen-bond acceptors (Lipinski definition) is 7. The van der Waals surface area contributed by atoms with Gasteiger partial charge >= 0.3 is 5.69 Å². The van der Waals surface area contributed by atoms with Crippen molar-refractivity contribution in [3.05, 3.63) is 33.7 Å². The van der Waals surface area contributed by atoms with Crippen LogP contribution in [0, 0.1) is 10.1 Å². The summed E-state index contributed by atoms with van der Waals surface area (Å²) in [4.78, 5) is 17.6. The predicted molar refractivity (Wildman–Crippen MR) is 66.9 cm³/mol. The van der Waals surface area contributed by atoms with Crippen LogP contribution in [0.1, 0.15) is 5.82 Å². The van der Waals surface area contributed by atoms with Crippen LogP contribution < -0.4 is 5.32 Å². The molecule has 9 nitrogen and oxygen atoms in total. The molecule has 0 atom stereocenters. The Morgan fingerprint density at radius 3 is 2.95 bits per heavy atom. The fourth-order valence-corrected chi connectivity index (χ4v) is 1.68. The Kier molecular flexibility index (Phi) is 3.85. The van der Waals surface area contributed by atoms with Crippen LogP contribution in [0.3, 0.4) is 0 Å². The van der Waals surface area contributed by atoms with E-state index in [2.05, 4.69) is 25.5 Å². The number of nitrogens with zero attached hydrogens (tertiary/aromatic N) is 6. The maximum atomic E-state index is 10.9. The molecule has 1 N–H and O–H groups in total. The van der Waals surface area contributed by atoms with E-state index in [1.807, 2.05) is 7.05 Å². The first-order chi connectivity index (χ1) is 9.09. The molecule has 0 bridgehead atoms. The SMILES string of the molecule is Cn1cnnc1CCNc1ncnc(Cl)c1[N+](=O)[O-]. The summed E-state index contributed by atoms with van der Waals surface area (Å²) in [5, 5.41) is 21.2. The van der Waals surface area contributed by atoms with Gasteiger partial charge in [-0.2, -0.15) is 0 Å². The molecule has 0 aliphatic heterocycles. The van der Waals surface area contributed by atoms with Crippen LogP contribution in [0.5, 0.6) is 0 Å². The summed E-state index contributed by atoms with van der Waals surface area (Å²) in [5.41, 5.74) is -0.331. The van der Waals surface area contributed by atoms with Crippen molar-refractivity contribution in [2.45, 2.75) is 6.42 Å². The number of nitro groups is 1. The third-order valence-corrected chi connectivity index (χ3v) is 2.68. The van der Waals surface area contributed by atoms with Gasteiger partial charge in [-0.05, 0) is 0 Å². The second-order valence-electron chi connectivity index (χ2n) is 3.65. The largest absolute Gasteiger partial charge is 0.364 e. The zero-order valence-electron chi connectivity index (χ0n) is 9.95. The fraction of sp³-hybridized carbons (Fsp3) is 0.333. The minimum atomic E-state index is -0.618. The highest BCUT2D eigenvalue weighted by molar-refractivity contribution is 6.31. The van der Waals surface area contributed by atoms with E-state index in [4.69, 9.17) is 11.6 Å². The molecule has 2 aromatic heterocycles. The van der Waals surface area contributed by atoms with Crippen LogP contribution in [0.4, 0.5) is 11.5 Å². The third kappa shape index (κ3) is 2.94. The molecule has 0 aliphatic carbocycles. The Labute approximate surface area is 112 Å². The highest BCUT2D eigenvalue weighted by atomic mass is 35.5. The normalized spacial score (nSPS) is 10.4. The van der Waals surface area contributed by atoms with E-state index in [-0.39, 0.29) is 16.7 Å². The first kappa shape index (κ1) is 13.1. The lowest BCUT2D eigenvalue weighted by atomic mass is 10.4. The van der Waals surface area contributed by atoms with E-state index < -0.39 is 4.92 Å². The van der Waals surface area contributed by atoms with Gasteiger partial charge in [-0.3, -0.25) is 10.1 Å². The van der Waals surface area contributed by atoms with Crippen molar-refractivity contribution in [3.8, 4) is 0 Å². The number of nitrogens with one attached hydrogen (secondary N) is 1. The molecule has 2 rings (SSSR count). The van der Waals surface area contributed by atoms with Crippen LogP contribution in [0.2, 0.25) is 5.15 Å². The average molecular weight is 284 g/mol. The summed E-state index contributed by atoms with van der Waals surface area (Å²) in [6, 6.07) is 0. The van der Waals surface area contributed by atoms with Gasteiger partial charge in [0, 0.05) is 20.0 Å². The van der Waals surface area contributed by atoms with Crippen LogP contribution in [0.25, 0.3) is 0 Å². The molecule has 0 amide bonds. The van der Waals surface area contributed by atoms with E-state index in [9.17, 15) is 10.1 Å². The van der Waals surface area contributed by atoms with Crippen molar-refractivity contribution < 1.29 is 4.92 Å². The van der Waals surface area contributed by atoms with Crippen molar-refractivity contribution in [2.24, 2.45) is 7.05 Å². The second kappa shape index (κ2) is 5.57. The second-order valence-corrected chi connectivity index (χ2v) is 4.01. The Balaban J connectivity index is 2.06. The molecule has 0 saturated carbocycles. The lowest BCUT2D eigenvalue weighted by molar-refractivity contribution is -0.384. The van der Waals surface area contributed by atoms with Crippen LogP contribution >= 0.6 is 11.6 Å². The highest BCUT2D eigenvalue weighted by Gasteiger charge is 2.21. The molecule has 2 heterocycles. The molecule has 100 valence electrons. The van der Waals surface area contributed by atoms with E-state index in [1.165, 1.54) is 6.33 Å². The highest BCUT2D eigenvalue weighted by Crippen LogP contribution is 2.27. The zero-order valence-corrected chi connectivity index (χ0v) is 10.7. The van der Waals surface area contributed by atoms with Gasteiger partial charge in [0.1, 0.15) is 18.5 Å². The summed E-state index contributed by atoms with van der Waals surface area (Å²) in [6.45, 7) is 0.417. The van der Waals surface area contributed by atoms with Crippen molar-refractivity contribution in [1.29, 1.82) is 0 Å². The average Bonchev–Trinajstić information content (AvgIpc) is 2.75. The fourth-order valence-electron chi connectivity index (χ4n) is 1.47. The van der Waals surface area contributed by atoms with Crippen molar-refractivity contribution >= 4 is 23.1 Å². The Hall–Kier alpha value is -2.29. The van der Waals surface area contributed by atoms with Crippen molar-refractivity contribution in [2.75, 3.05) is 11.9 Å². The summed E-state index contributed by atoms with van der Waals surface area (Å²) in [6.07, 6.45) is 3.30. The molecule has 10 heteroatoms. The van der Waals surface area contributed by atoms with Crippen LogP contribution in [-0.2, 0) is 13.5 Å². The number of anilines is 1. The van der Waals surface area contributed by atoms with Gasteiger partial charge in [-0.25, -0.2) is 9.97 Å². The molecule has 0 radical (unpaired) electrons. The quantitative estimate of drug-likeness (QED) is 0.491. The molecular formula is C9H10ClN7O2. The molecule has 0 aromatic carbocycles. The Morgan fingerprint density at radius 2 is 2.32 bits per heavy atom. The molecule has 2 aromatic rings. The summed E-state index contributed by atoms with van der Waals surface area (Å²) >= 11 is 5.67. The van der Waals surface area contributed by atoms with Gasteiger partial charge in [-0.15, -0.1) is 10.2 Å². The van der Waals surface area contributed by atoms with Crippen molar-refractivity contribution in [1.82, 2.24) is 24.7 Å². The lowest BCUT2D eigenvalue weighted by Crippen LogP contribution is -2.11. The van der Waals surface area contributed by atoms with Gasteiger partial charge in [0.25, 0.3) is 0 Å². The molecule has 0 saturated heterocycles. The van der Waals surface area contributed by atoms with Crippen molar-refractivity contribution in [3.63, 3.8) is 0 Å². The first-order valence-corrected chi connectivity index (χ1v) is 5.69. The number of aryl methyl sites for hydroxylation is 1. The Bertz CT molecular complexity index is 600. The van der Waals surface area contributed by atoms with E-state index in [1.54, 1.807) is 10.9 Å². The molecular weight excluding hydrogens is 274 g/mol. The van der Waals surface area contributed by atoms with Gasteiger partial charge in [0.2, 0.25) is 11.0 Å². The lowest BCUT2D eigenvalue weighted by Gasteiger charge is -2.05. The Morgan fingerprint density at radius 1 is 1.53 bits per heavy atom. The van der Waals surface area contributed by atoms with Crippen LogP contribution in [-0.4, -0.2) is 36.2 Å². The number of hydrogen-bond donors (Lipinski definition) is 1. The first-order valence-electron chi connectivity index (χ1n) is 5.31. The van der Waals surface area contributed by atoms with Crippen LogP contribution in [0.15, 0.2) is 12.7 Å². The number of halogens is 1. The molecule has 0 aliphatic rings. The molecule has 19 heavy (non-hydrogen) atoms. The standard InChI is InChI=1S/C9H10ClN7O2/c1-16-5-14-15-6(16)2-3-11-9-7(17(18)19)8(10)12-4-13-9/h4-5H,2-3H2,1H3,(H,11,12,13). The summed E-state index contributed by atoms with van der Waals surface area (Å²) in [7, 11) is 1.82. The zero-order chi connectivity index (χ0) is 13.8. The summed E-state index contributed by atoms with van der Waals surface area (Å²) in [5.74, 6) is 0.850. The van der Waals surface area contributed by atoms with Gasteiger partial charge in [0.15, 0.2) is 0 Å². The maximum absolute atomic E-state index is 10.9. The molecule has 0 fully saturated rings. The smallest absolute Gasteiger partial charge is 0.348 e. The monoisotopic (exact) mass is 283 g/mol. The minimum Gasteiger partial charge on any atom is -0.364 e. The van der Waals surface area contributed by atoms with E-state index in [0.717, 1.165) is 5.82 Å². The number of rotatable bonds is 5. The number of aromatic nitrogens is 5. The maximum Gasteiger partial charge on any atom is 0.348 e. The topological polar surface area (TPSA) is 112 Å². The van der Waals surface area contributed by atoms with E-state index in [0.29, 0.717) is 13.0 Å². The molecule has 0 spiro atoms. The predicted octanol–water partition coefficient (Wildman–Crippen LogP) is 0.821. The van der Waals surface area contributed by atoms with Gasteiger partial charge in [-0.1, -0.05) is 11.6 Å². The van der Waals surface area contributed by atoms with Gasteiger partial charge in [0.05, 0.1) is 4.92 Å². The third-order valence-electron chi connectivity index (χ3n) is 2.41. The van der Waals surface area contributed by atoms with Gasteiger partial charge < -0.3 is 9.88 Å². The summed E-state index contributed by atoms with van der Waals surface area (Å²) < 4.78 is 1.77. The van der Waals surface area contributed by atoms with E-state index >= 15 is 0 Å². The molecule has 0 unspecified atom stereocenters. The minimum absolute atomic E-state index is 0.0900.